The Kier molecular flexibility index (Phi) is 2.44. The van der Waals surface area contributed by atoms with Gasteiger partial charge in [0.1, 0.15) is 5.60 Å². The van der Waals surface area contributed by atoms with Gasteiger partial charge in [-0.3, -0.25) is 0 Å². The van der Waals surface area contributed by atoms with Gasteiger partial charge in [0, 0.05) is 17.3 Å². The third kappa shape index (κ3) is 1.40. The van der Waals surface area contributed by atoms with E-state index in [0.717, 1.165) is 37.0 Å². The molecule has 2 aliphatic heterocycles. The average Bonchev–Trinajstić information content (AvgIpc) is 3.35. The van der Waals surface area contributed by atoms with Crippen LogP contribution < -0.4 is 0 Å². The van der Waals surface area contributed by atoms with Crippen LogP contribution in [0.4, 0.5) is 0 Å². The van der Waals surface area contributed by atoms with Crippen molar-refractivity contribution in [3.8, 4) is 0 Å². The van der Waals surface area contributed by atoms with Crippen LogP contribution in [0.1, 0.15) is 58.8 Å². The van der Waals surface area contributed by atoms with Crippen molar-refractivity contribution in [2.45, 2.75) is 87.2 Å². The van der Waals surface area contributed by atoms with Gasteiger partial charge >= 0.3 is 0 Å². The molecule has 2 heterocycles. The van der Waals surface area contributed by atoms with Crippen LogP contribution in [0, 0.1) is 28.6 Å². The molecule has 0 unspecified atom stereocenters. The molecule has 23 heavy (non-hydrogen) atoms. The molecular formula is C19H27BrO3. The van der Waals surface area contributed by atoms with E-state index < -0.39 is 0 Å². The number of alkyl halides is 1. The van der Waals surface area contributed by atoms with E-state index in [9.17, 15) is 5.11 Å². The Labute approximate surface area is 146 Å². The topological polar surface area (TPSA) is 45.3 Å². The highest BCUT2D eigenvalue weighted by Crippen LogP contribution is 2.78. The maximum Gasteiger partial charge on any atom is 0.154 e. The second-order valence-electron chi connectivity index (χ2n) is 9.87. The number of hydrogen-bond acceptors (Lipinski definition) is 3. The van der Waals surface area contributed by atoms with E-state index in [2.05, 4.69) is 29.8 Å². The average molecular weight is 383 g/mol. The summed E-state index contributed by atoms with van der Waals surface area (Å²) in [5.74, 6) is 2.35. The normalized spacial score (nSPS) is 71.5. The molecule has 0 bridgehead atoms. The first-order valence-electron chi connectivity index (χ1n) is 9.57. The van der Waals surface area contributed by atoms with Gasteiger partial charge in [0.15, 0.2) is 4.51 Å². The van der Waals surface area contributed by atoms with Gasteiger partial charge < -0.3 is 14.6 Å². The lowest BCUT2D eigenvalue weighted by atomic mass is 9.45. The summed E-state index contributed by atoms with van der Waals surface area (Å²) >= 11 is 3.96. The maximum absolute atomic E-state index is 10.2. The summed E-state index contributed by atoms with van der Waals surface area (Å²) in [5, 5.41) is 10.2. The molecule has 2 saturated heterocycles. The van der Waals surface area contributed by atoms with Gasteiger partial charge in [0.25, 0.3) is 0 Å². The zero-order chi connectivity index (χ0) is 15.8. The van der Waals surface area contributed by atoms with Gasteiger partial charge in [0.2, 0.25) is 0 Å². The molecule has 128 valence electrons. The molecule has 4 saturated carbocycles. The molecule has 1 N–H and O–H groups in total. The van der Waals surface area contributed by atoms with Gasteiger partial charge in [0.05, 0.1) is 18.3 Å². The zero-order valence-corrected chi connectivity index (χ0v) is 15.6. The van der Waals surface area contributed by atoms with Crippen molar-refractivity contribution in [2.24, 2.45) is 28.6 Å². The third-order valence-electron chi connectivity index (χ3n) is 9.37. The first kappa shape index (κ1) is 14.5. The van der Waals surface area contributed by atoms with Crippen LogP contribution in [0.2, 0.25) is 0 Å². The number of epoxide rings is 2. The van der Waals surface area contributed by atoms with Crippen LogP contribution in [0.3, 0.4) is 0 Å². The Hall–Kier alpha value is 0.360. The molecule has 4 aliphatic carbocycles. The summed E-state index contributed by atoms with van der Waals surface area (Å²) in [4.78, 5) is 0. The molecule has 6 fully saturated rings. The highest BCUT2D eigenvalue weighted by Gasteiger charge is 2.80. The SMILES string of the molecule is C[C@]12CC[C@H]3[C@@H](C[C@@H]4O[C@@]45C[C@@H](O)CC[C@]35C)[C@@H]1C[C@H]1O[C@]12Br. The number of hydrogen-bond donors (Lipinski definition) is 1. The summed E-state index contributed by atoms with van der Waals surface area (Å²) in [6.45, 7) is 4.96. The molecule has 0 radical (unpaired) electrons. The van der Waals surface area contributed by atoms with Crippen molar-refractivity contribution >= 4 is 15.9 Å². The molecule has 0 aromatic carbocycles. The predicted molar refractivity (Wildman–Crippen MR) is 89.1 cm³/mol. The standard InChI is InChI=1S/C19H27BrO3/c1-16-5-3-10(21)9-18(16)14(22-18)7-11-12(16)4-6-17(2)13(11)8-15-19(17,20)23-15/h10-15,21H,3-9H2,1-2H3/t10-,11+,12-,13-,14-,15+,16+,17-,18-,19+/m0/s1. The lowest BCUT2D eigenvalue weighted by molar-refractivity contribution is -0.120. The summed E-state index contributed by atoms with van der Waals surface area (Å²) < 4.78 is 12.4. The van der Waals surface area contributed by atoms with E-state index >= 15 is 0 Å². The first-order chi connectivity index (χ1) is 10.8. The van der Waals surface area contributed by atoms with Crippen LogP contribution in [-0.2, 0) is 9.47 Å². The van der Waals surface area contributed by atoms with Crippen molar-refractivity contribution in [3.63, 3.8) is 0 Å². The molecule has 0 aromatic heterocycles. The Morgan fingerprint density at radius 1 is 0.957 bits per heavy atom. The smallest absolute Gasteiger partial charge is 0.154 e. The molecule has 4 heteroatoms. The van der Waals surface area contributed by atoms with E-state index in [1.807, 2.05) is 0 Å². The summed E-state index contributed by atoms with van der Waals surface area (Å²) in [6.07, 6.45) is 8.77. The minimum Gasteiger partial charge on any atom is -0.393 e. The molecule has 1 spiro atoms. The lowest BCUT2D eigenvalue weighted by Gasteiger charge is -2.59. The highest BCUT2D eigenvalue weighted by molar-refractivity contribution is 9.10. The zero-order valence-electron chi connectivity index (χ0n) is 14.1. The summed E-state index contributed by atoms with van der Waals surface area (Å²) in [7, 11) is 0. The minimum absolute atomic E-state index is 0.0156. The number of rotatable bonds is 0. The van der Waals surface area contributed by atoms with Gasteiger partial charge in [-0.2, -0.15) is 0 Å². The van der Waals surface area contributed by atoms with Crippen molar-refractivity contribution < 1.29 is 14.6 Å². The summed E-state index contributed by atoms with van der Waals surface area (Å²) in [6, 6.07) is 0. The Morgan fingerprint density at radius 3 is 2.57 bits per heavy atom. The molecule has 6 aliphatic rings. The fraction of sp³-hybridized carbons (Fsp3) is 1.00. The Morgan fingerprint density at radius 2 is 1.74 bits per heavy atom. The van der Waals surface area contributed by atoms with Crippen molar-refractivity contribution in [3.05, 3.63) is 0 Å². The van der Waals surface area contributed by atoms with Crippen LogP contribution in [0.5, 0.6) is 0 Å². The quantitative estimate of drug-likeness (QED) is 0.513. The second-order valence-corrected chi connectivity index (χ2v) is 11.0. The van der Waals surface area contributed by atoms with E-state index in [1.165, 1.54) is 25.7 Å². The fourth-order valence-corrected chi connectivity index (χ4v) is 8.85. The van der Waals surface area contributed by atoms with E-state index in [1.54, 1.807) is 0 Å². The second kappa shape index (κ2) is 3.87. The lowest BCUT2D eigenvalue weighted by Crippen LogP contribution is -2.59. The van der Waals surface area contributed by atoms with Gasteiger partial charge in [-0.1, -0.05) is 29.8 Å². The van der Waals surface area contributed by atoms with Crippen LogP contribution in [-0.4, -0.2) is 33.5 Å². The van der Waals surface area contributed by atoms with Crippen LogP contribution >= 0.6 is 15.9 Å². The number of fused-ring (bicyclic) bond motifs is 6. The predicted octanol–water partition coefficient (Wildman–Crippen LogP) is 3.62. The van der Waals surface area contributed by atoms with Crippen LogP contribution in [0.15, 0.2) is 0 Å². The molecule has 3 nitrogen and oxygen atoms in total. The number of aliphatic hydroxyl groups excluding tert-OH is 1. The van der Waals surface area contributed by atoms with Crippen molar-refractivity contribution in [1.82, 2.24) is 0 Å². The molecule has 6 rings (SSSR count). The molecule has 0 amide bonds. The van der Waals surface area contributed by atoms with Gasteiger partial charge in [-0.05, 0) is 56.3 Å². The van der Waals surface area contributed by atoms with E-state index in [4.69, 9.17) is 9.47 Å². The molecular weight excluding hydrogens is 356 g/mol. The van der Waals surface area contributed by atoms with E-state index in [-0.39, 0.29) is 21.6 Å². The Bertz CT molecular complexity index is 597. The van der Waals surface area contributed by atoms with Gasteiger partial charge in [-0.15, -0.1) is 0 Å². The first-order valence-corrected chi connectivity index (χ1v) is 10.4. The highest BCUT2D eigenvalue weighted by atomic mass is 79.9. The number of aliphatic hydroxyl groups is 1. The Balaban J connectivity index is 1.39. The number of halogens is 1. The molecule has 0 aromatic rings. The maximum atomic E-state index is 10.2. The molecule has 10 atom stereocenters. The van der Waals surface area contributed by atoms with Crippen molar-refractivity contribution in [1.29, 1.82) is 0 Å². The van der Waals surface area contributed by atoms with E-state index in [0.29, 0.717) is 17.6 Å². The third-order valence-corrected chi connectivity index (χ3v) is 11.0. The monoisotopic (exact) mass is 382 g/mol. The number of ether oxygens (including phenoxy) is 2. The minimum atomic E-state index is -0.142. The van der Waals surface area contributed by atoms with Crippen molar-refractivity contribution in [2.75, 3.05) is 0 Å². The summed E-state index contributed by atoms with van der Waals surface area (Å²) in [5.41, 5.74) is 0.607. The van der Waals surface area contributed by atoms with Crippen LogP contribution in [0.25, 0.3) is 0 Å². The van der Waals surface area contributed by atoms with Gasteiger partial charge in [-0.25, -0.2) is 0 Å². The fourth-order valence-electron chi connectivity index (χ4n) is 7.94. The largest absolute Gasteiger partial charge is 0.393 e.